The maximum absolute atomic E-state index is 4.81. The van der Waals surface area contributed by atoms with E-state index in [1.54, 1.807) is 0 Å². The molecule has 1 aromatic rings. The van der Waals surface area contributed by atoms with Crippen LogP contribution in [0.15, 0.2) is 0 Å². The van der Waals surface area contributed by atoms with Gasteiger partial charge < -0.3 is 9.97 Å². The Balaban J connectivity index is 0.000000640. The molecule has 2 nitrogen and oxygen atoms in total. The first-order valence-electron chi connectivity index (χ1n) is 2.45. The van der Waals surface area contributed by atoms with Crippen LogP contribution in [0.3, 0.4) is 0 Å². The van der Waals surface area contributed by atoms with Crippen molar-refractivity contribution in [2.75, 3.05) is 0 Å². The molecule has 0 bridgehead atoms. The molecule has 0 atom stereocenters. The standard InChI is InChI=1S/C5H8N2S.Zn/c1-3-4(2)7-5(8)6-3;/h1-2H3,(H2,6,7,8);. The van der Waals surface area contributed by atoms with Crippen molar-refractivity contribution in [1.29, 1.82) is 0 Å². The smallest absolute Gasteiger partial charge is 0.174 e. The Hall–Kier alpha value is 0.0534. The summed E-state index contributed by atoms with van der Waals surface area (Å²) in [4.78, 5) is 5.93. The second kappa shape index (κ2) is 3.28. The van der Waals surface area contributed by atoms with E-state index in [1.807, 2.05) is 13.8 Å². The van der Waals surface area contributed by atoms with Crippen molar-refractivity contribution in [3.05, 3.63) is 16.2 Å². The molecular weight excluding hydrogens is 186 g/mol. The van der Waals surface area contributed by atoms with Gasteiger partial charge in [-0.3, -0.25) is 0 Å². The van der Waals surface area contributed by atoms with Gasteiger partial charge in [0, 0.05) is 30.9 Å². The van der Waals surface area contributed by atoms with Crippen LogP contribution in [0.25, 0.3) is 0 Å². The molecule has 1 heterocycles. The van der Waals surface area contributed by atoms with Crippen molar-refractivity contribution in [3.63, 3.8) is 0 Å². The minimum atomic E-state index is 0. The SMILES string of the molecule is Cc1[nH]c(=S)[nH]c1C.[Zn]. The summed E-state index contributed by atoms with van der Waals surface area (Å²) >= 11 is 4.81. The summed E-state index contributed by atoms with van der Waals surface area (Å²) in [5, 5.41) is 0. The Morgan fingerprint density at radius 1 is 1.11 bits per heavy atom. The first-order chi connectivity index (χ1) is 3.70. The summed E-state index contributed by atoms with van der Waals surface area (Å²) < 4.78 is 0.708. The fraction of sp³-hybridized carbons (Fsp3) is 0.400. The maximum atomic E-state index is 4.81. The van der Waals surface area contributed by atoms with E-state index in [4.69, 9.17) is 12.2 Å². The molecule has 0 amide bonds. The average Bonchev–Trinajstić information content (AvgIpc) is 1.85. The second-order valence-corrected chi connectivity index (χ2v) is 2.24. The molecule has 2 N–H and O–H groups in total. The number of hydrogen-bond acceptors (Lipinski definition) is 1. The Bertz CT molecular complexity index is 215. The molecule has 0 aliphatic carbocycles. The molecule has 46 valence electrons. The summed E-state index contributed by atoms with van der Waals surface area (Å²) in [5.41, 5.74) is 2.24. The van der Waals surface area contributed by atoms with Gasteiger partial charge in [0.15, 0.2) is 4.77 Å². The fourth-order valence-corrected chi connectivity index (χ4v) is 0.866. The molecule has 0 fully saturated rings. The van der Waals surface area contributed by atoms with E-state index in [1.165, 1.54) is 0 Å². The summed E-state index contributed by atoms with van der Waals surface area (Å²) in [6.07, 6.45) is 0. The molecule has 0 aliphatic rings. The van der Waals surface area contributed by atoms with Crippen LogP contribution in [-0.4, -0.2) is 9.97 Å². The third-order valence-corrected chi connectivity index (χ3v) is 1.37. The molecule has 0 radical (unpaired) electrons. The summed E-state index contributed by atoms with van der Waals surface area (Å²) in [7, 11) is 0. The van der Waals surface area contributed by atoms with Crippen molar-refractivity contribution in [1.82, 2.24) is 9.97 Å². The minimum Gasteiger partial charge on any atom is -0.335 e. The zero-order valence-corrected chi connectivity index (χ0v) is 9.40. The van der Waals surface area contributed by atoms with E-state index in [0.717, 1.165) is 11.4 Å². The van der Waals surface area contributed by atoms with Gasteiger partial charge in [0.25, 0.3) is 0 Å². The van der Waals surface area contributed by atoms with Gasteiger partial charge >= 0.3 is 0 Å². The van der Waals surface area contributed by atoms with Gasteiger partial charge in [-0.25, -0.2) is 0 Å². The number of nitrogens with one attached hydrogen (secondary N) is 2. The van der Waals surface area contributed by atoms with Gasteiger partial charge in [-0.2, -0.15) is 0 Å². The normalized spacial score (nSPS) is 8.67. The monoisotopic (exact) mass is 192 g/mol. The summed E-state index contributed by atoms with van der Waals surface area (Å²) in [6, 6.07) is 0. The van der Waals surface area contributed by atoms with E-state index in [-0.39, 0.29) is 19.5 Å². The quantitative estimate of drug-likeness (QED) is 0.477. The van der Waals surface area contributed by atoms with E-state index in [9.17, 15) is 0 Å². The molecular formula is C5H8N2SZn. The summed E-state index contributed by atoms with van der Waals surface area (Å²) in [6.45, 7) is 3.98. The molecule has 0 saturated heterocycles. The number of aromatic nitrogens is 2. The van der Waals surface area contributed by atoms with E-state index < -0.39 is 0 Å². The Labute approximate surface area is 71.8 Å². The van der Waals surface area contributed by atoms with Crippen LogP contribution in [0.2, 0.25) is 0 Å². The average molecular weight is 194 g/mol. The Morgan fingerprint density at radius 2 is 1.44 bits per heavy atom. The third-order valence-electron chi connectivity index (χ3n) is 1.16. The molecule has 1 rings (SSSR count). The second-order valence-electron chi connectivity index (χ2n) is 1.83. The van der Waals surface area contributed by atoms with Gasteiger partial charge in [0.05, 0.1) is 0 Å². The predicted molar refractivity (Wildman–Crippen MR) is 35.5 cm³/mol. The zero-order chi connectivity index (χ0) is 6.15. The predicted octanol–water partition coefficient (Wildman–Crippen LogP) is 1.69. The van der Waals surface area contributed by atoms with Gasteiger partial charge in [-0.15, -0.1) is 0 Å². The zero-order valence-electron chi connectivity index (χ0n) is 5.62. The maximum Gasteiger partial charge on any atom is 0.174 e. The van der Waals surface area contributed by atoms with Crippen molar-refractivity contribution in [2.45, 2.75) is 13.8 Å². The van der Waals surface area contributed by atoms with Crippen molar-refractivity contribution < 1.29 is 19.5 Å². The number of aromatic amines is 2. The van der Waals surface area contributed by atoms with E-state index in [0.29, 0.717) is 4.77 Å². The molecule has 0 spiro atoms. The van der Waals surface area contributed by atoms with Crippen LogP contribution < -0.4 is 0 Å². The van der Waals surface area contributed by atoms with Crippen LogP contribution in [0, 0.1) is 18.6 Å². The third kappa shape index (κ3) is 2.03. The van der Waals surface area contributed by atoms with Crippen LogP contribution in [-0.2, 0) is 19.5 Å². The van der Waals surface area contributed by atoms with Crippen LogP contribution in [0.4, 0.5) is 0 Å². The number of rotatable bonds is 0. The summed E-state index contributed by atoms with van der Waals surface area (Å²) in [5.74, 6) is 0. The van der Waals surface area contributed by atoms with Crippen LogP contribution >= 0.6 is 12.2 Å². The number of hydrogen-bond donors (Lipinski definition) is 2. The largest absolute Gasteiger partial charge is 0.335 e. The molecule has 4 heteroatoms. The number of aryl methyl sites for hydroxylation is 2. The number of imidazole rings is 1. The fourth-order valence-electron chi connectivity index (χ4n) is 0.559. The molecule has 1 aromatic heterocycles. The van der Waals surface area contributed by atoms with Crippen LogP contribution in [0.1, 0.15) is 11.4 Å². The molecule has 0 unspecified atom stereocenters. The van der Waals surface area contributed by atoms with Crippen molar-refractivity contribution in [3.8, 4) is 0 Å². The van der Waals surface area contributed by atoms with Crippen molar-refractivity contribution >= 4 is 12.2 Å². The van der Waals surface area contributed by atoms with Gasteiger partial charge in [-0.05, 0) is 26.1 Å². The molecule has 0 aliphatic heterocycles. The van der Waals surface area contributed by atoms with Crippen molar-refractivity contribution in [2.24, 2.45) is 0 Å². The van der Waals surface area contributed by atoms with Gasteiger partial charge in [-0.1, -0.05) is 0 Å². The molecule has 0 aromatic carbocycles. The van der Waals surface area contributed by atoms with Gasteiger partial charge in [0.1, 0.15) is 0 Å². The Morgan fingerprint density at radius 3 is 1.56 bits per heavy atom. The topological polar surface area (TPSA) is 31.6 Å². The Kier molecular flexibility index (Phi) is 3.30. The van der Waals surface area contributed by atoms with E-state index >= 15 is 0 Å². The van der Waals surface area contributed by atoms with E-state index in [2.05, 4.69) is 9.97 Å². The number of H-pyrrole nitrogens is 2. The van der Waals surface area contributed by atoms with Gasteiger partial charge in [0.2, 0.25) is 0 Å². The first-order valence-corrected chi connectivity index (χ1v) is 2.86. The minimum absolute atomic E-state index is 0. The molecule has 9 heavy (non-hydrogen) atoms. The first kappa shape index (κ1) is 9.05. The van der Waals surface area contributed by atoms with Crippen LogP contribution in [0.5, 0.6) is 0 Å². The molecule has 0 saturated carbocycles.